The summed E-state index contributed by atoms with van der Waals surface area (Å²) < 4.78 is 5.74. The molecule has 20 heavy (non-hydrogen) atoms. The van der Waals surface area contributed by atoms with Gasteiger partial charge in [0.05, 0.1) is 6.10 Å². The van der Waals surface area contributed by atoms with E-state index in [1.165, 1.54) is 0 Å². The Balaban J connectivity index is 1.97. The third kappa shape index (κ3) is 3.31. The smallest absolute Gasteiger partial charge is 0.251 e. The van der Waals surface area contributed by atoms with Crippen molar-refractivity contribution in [1.82, 2.24) is 5.32 Å². The molecule has 1 aromatic rings. The number of ether oxygens (including phenoxy) is 1. The molecule has 1 aliphatic heterocycles. The van der Waals surface area contributed by atoms with E-state index in [1.807, 2.05) is 19.1 Å². The minimum absolute atomic E-state index is 0.0517. The summed E-state index contributed by atoms with van der Waals surface area (Å²) >= 11 is 0. The molecule has 1 heterocycles. The second-order valence-electron chi connectivity index (χ2n) is 5.91. The Morgan fingerprint density at radius 2 is 2.25 bits per heavy atom. The number of rotatable bonds is 4. The molecule has 0 aromatic heterocycles. The molecule has 0 radical (unpaired) electrons. The van der Waals surface area contributed by atoms with Crippen molar-refractivity contribution < 1.29 is 9.53 Å². The maximum absolute atomic E-state index is 12.2. The lowest BCUT2D eigenvalue weighted by Gasteiger charge is -2.22. The molecule has 4 nitrogen and oxygen atoms in total. The van der Waals surface area contributed by atoms with Crippen molar-refractivity contribution in [2.45, 2.75) is 33.3 Å². The summed E-state index contributed by atoms with van der Waals surface area (Å²) in [6.07, 6.45) is 1.26. The van der Waals surface area contributed by atoms with Gasteiger partial charge in [-0.2, -0.15) is 0 Å². The van der Waals surface area contributed by atoms with Gasteiger partial charge in [0.15, 0.2) is 0 Å². The molecule has 0 bridgehead atoms. The number of carbonyl (C=O) groups excluding carboxylic acids is 1. The minimum atomic E-state index is -0.0517. The van der Waals surface area contributed by atoms with Crippen molar-refractivity contribution >= 4 is 11.6 Å². The third-order valence-electron chi connectivity index (χ3n) is 3.95. The second-order valence-corrected chi connectivity index (χ2v) is 5.91. The molecule has 4 heteroatoms. The molecule has 1 saturated heterocycles. The second kappa shape index (κ2) is 6.27. The van der Waals surface area contributed by atoms with E-state index in [2.05, 4.69) is 19.2 Å². The Bertz CT molecular complexity index is 485. The fourth-order valence-electron chi connectivity index (χ4n) is 2.81. The zero-order chi connectivity index (χ0) is 14.7. The molecular weight excluding hydrogens is 252 g/mol. The van der Waals surface area contributed by atoms with Crippen molar-refractivity contribution in [2.75, 3.05) is 18.9 Å². The summed E-state index contributed by atoms with van der Waals surface area (Å²) in [6.45, 7) is 7.69. The number of nitrogens with two attached hydrogens (primary N) is 1. The predicted octanol–water partition coefficient (Wildman–Crippen LogP) is 2.37. The fraction of sp³-hybridized carbons (Fsp3) is 0.562. The number of hydrogen-bond acceptors (Lipinski definition) is 3. The van der Waals surface area contributed by atoms with Crippen LogP contribution in [0.4, 0.5) is 5.69 Å². The highest BCUT2D eigenvalue weighted by Crippen LogP contribution is 2.26. The highest BCUT2D eigenvalue weighted by atomic mass is 16.5. The van der Waals surface area contributed by atoms with Crippen molar-refractivity contribution in [3.63, 3.8) is 0 Å². The fourth-order valence-corrected chi connectivity index (χ4v) is 2.81. The van der Waals surface area contributed by atoms with Crippen molar-refractivity contribution in [3.8, 4) is 0 Å². The van der Waals surface area contributed by atoms with Crippen LogP contribution in [0.3, 0.4) is 0 Å². The number of aryl methyl sites for hydroxylation is 1. The van der Waals surface area contributed by atoms with Crippen LogP contribution in [0.15, 0.2) is 18.2 Å². The van der Waals surface area contributed by atoms with Crippen LogP contribution in [0.5, 0.6) is 0 Å². The topological polar surface area (TPSA) is 64.4 Å². The predicted molar refractivity (Wildman–Crippen MR) is 80.6 cm³/mol. The molecule has 2 rings (SSSR count). The molecule has 0 aliphatic carbocycles. The zero-order valence-corrected chi connectivity index (χ0v) is 12.5. The van der Waals surface area contributed by atoms with E-state index in [1.54, 1.807) is 6.07 Å². The van der Waals surface area contributed by atoms with Gasteiger partial charge >= 0.3 is 0 Å². The maximum atomic E-state index is 12.2. The normalized spacial score (nSPS) is 22.2. The molecule has 0 saturated carbocycles. The standard InChI is InChI=1S/C16H24N2O2/c1-10(2)15-12(6-7-20-15)9-18-16(19)14-8-13(17)5-4-11(14)3/h4-5,8,10,12,15H,6-7,9,17H2,1-3H3,(H,18,19). The van der Waals surface area contributed by atoms with E-state index < -0.39 is 0 Å². The SMILES string of the molecule is Cc1ccc(N)cc1C(=O)NCC1CCOC1C(C)C. The van der Waals surface area contributed by atoms with Gasteiger partial charge in [-0.05, 0) is 37.0 Å². The van der Waals surface area contributed by atoms with Gasteiger partial charge in [0, 0.05) is 30.3 Å². The van der Waals surface area contributed by atoms with Gasteiger partial charge < -0.3 is 15.8 Å². The van der Waals surface area contributed by atoms with E-state index in [0.29, 0.717) is 29.6 Å². The Hall–Kier alpha value is -1.55. The molecular formula is C16H24N2O2. The van der Waals surface area contributed by atoms with Gasteiger partial charge in [0.25, 0.3) is 5.91 Å². The van der Waals surface area contributed by atoms with Crippen molar-refractivity contribution in [3.05, 3.63) is 29.3 Å². The maximum Gasteiger partial charge on any atom is 0.251 e. The minimum Gasteiger partial charge on any atom is -0.399 e. The van der Waals surface area contributed by atoms with Crippen LogP contribution in [-0.2, 0) is 4.74 Å². The van der Waals surface area contributed by atoms with Crippen LogP contribution in [-0.4, -0.2) is 25.2 Å². The molecule has 2 atom stereocenters. The number of carbonyl (C=O) groups is 1. The molecule has 1 aliphatic rings. The number of hydrogen-bond donors (Lipinski definition) is 2. The van der Waals surface area contributed by atoms with Crippen LogP contribution in [0.25, 0.3) is 0 Å². The average molecular weight is 276 g/mol. The molecule has 1 aromatic carbocycles. The summed E-state index contributed by atoms with van der Waals surface area (Å²) in [5.74, 6) is 0.832. The largest absolute Gasteiger partial charge is 0.399 e. The van der Waals surface area contributed by atoms with E-state index in [4.69, 9.17) is 10.5 Å². The Morgan fingerprint density at radius 3 is 2.95 bits per heavy atom. The van der Waals surface area contributed by atoms with Gasteiger partial charge in [0.1, 0.15) is 0 Å². The van der Waals surface area contributed by atoms with Gasteiger partial charge in [0.2, 0.25) is 0 Å². The summed E-state index contributed by atoms with van der Waals surface area (Å²) in [7, 11) is 0. The Labute approximate surface area is 120 Å². The summed E-state index contributed by atoms with van der Waals surface area (Å²) in [5, 5.41) is 3.02. The highest BCUT2D eigenvalue weighted by Gasteiger charge is 2.30. The summed E-state index contributed by atoms with van der Waals surface area (Å²) in [5.41, 5.74) is 7.96. The number of nitrogen functional groups attached to an aromatic ring is 1. The van der Waals surface area contributed by atoms with Crippen LogP contribution < -0.4 is 11.1 Å². The first-order chi connectivity index (χ1) is 9.49. The molecule has 0 spiro atoms. The summed E-state index contributed by atoms with van der Waals surface area (Å²) in [6, 6.07) is 5.42. The van der Waals surface area contributed by atoms with Crippen molar-refractivity contribution in [2.24, 2.45) is 11.8 Å². The van der Waals surface area contributed by atoms with Crippen molar-refractivity contribution in [1.29, 1.82) is 0 Å². The van der Waals surface area contributed by atoms with E-state index in [9.17, 15) is 4.79 Å². The molecule has 1 fully saturated rings. The number of anilines is 1. The first kappa shape index (κ1) is 14.9. The monoisotopic (exact) mass is 276 g/mol. The quantitative estimate of drug-likeness (QED) is 0.830. The van der Waals surface area contributed by atoms with Gasteiger partial charge in [-0.3, -0.25) is 4.79 Å². The average Bonchev–Trinajstić information content (AvgIpc) is 2.87. The summed E-state index contributed by atoms with van der Waals surface area (Å²) in [4.78, 5) is 12.2. The zero-order valence-electron chi connectivity index (χ0n) is 12.5. The number of amides is 1. The Morgan fingerprint density at radius 1 is 1.50 bits per heavy atom. The lowest BCUT2D eigenvalue weighted by Crippen LogP contribution is -2.35. The highest BCUT2D eigenvalue weighted by molar-refractivity contribution is 5.96. The van der Waals surface area contributed by atoms with Crippen LogP contribution in [0, 0.1) is 18.8 Å². The third-order valence-corrected chi connectivity index (χ3v) is 3.95. The number of benzene rings is 1. The molecule has 1 amide bonds. The lowest BCUT2D eigenvalue weighted by molar-refractivity contribution is 0.0533. The van der Waals surface area contributed by atoms with Crippen LogP contribution in [0.1, 0.15) is 36.2 Å². The molecule has 2 unspecified atom stereocenters. The van der Waals surface area contributed by atoms with Gasteiger partial charge in [-0.25, -0.2) is 0 Å². The van der Waals surface area contributed by atoms with Gasteiger partial charge in [-0.1, -0.05) is 19.9 Å². The lowest BCUT2D eigenvalue weighted by atomic mass is 9.93. The van der Waals surface area contributed by atoms with Crippen LogP contribution in [0.2, 0.25) is 0 Å². The number of nitrogens with one attached hydrogen (secondary N) is 1. The molecule has 3 N–H and O–H groups in total. The first-order valence-electron chi connectivity index (χ1n) is 7.25. The van der Waals surface area contributed by atoms with E-state index in [0.717, 1.165) is 18.6 Å². The molecule has 110 valence electrons. The van der Waals surface area contributed by atoms with E-state index in [-0.39, 0.29) is 12.0 Å². The van der Waals surface area contributed by atoms with Crippen LogP contribution >= 0.6 is 0 Å². The van der Waals surface area contributed by atoms with E-state index >= 15 is 0 Å². The Kier molecular flexibility index (Phi) is 4.65. The van der Waals surface area contributed by atoms with Gasteiger partial charge in [-0.15, -0.1) is 0 Å². The first-order valence-corrected chi connectivity index (χ1v) is 7.25.